The Morgan fingerprint density at radius 1 is 1.15 bits per heavy atom. The molecule has 0 spiro atoms. The standard InChI is InChI=1S/C24H21ClN2O6S/c1-4-33-18-9-13(5-7-17(18)29)20-19(21(30)23-11(2)26-12(3)34-23)22(31)24(32)27(20)15-10-14(25)6-8-16(15)28/h5-10,20,28-29,31H,4H2,1-3H3. The topological polar surface area (TPSA) is 120 Å². The molecular formula is C24H21ClN2O6S. The summed E-state index contributed by atoms with van der Waals surface area (Å²) < 4.78 is 5.48. The van der Waals surface area contributed by atoms with E-state index in [4.69, 9.17) is 16.3 Å². The second kappa shape index (κ2) is 9.00. The molecule has 176 valence electrons. The van der Waals surface area contributed by atoms with Crippen LogP contribution in [-0.2, 0) is 4.79 Å². The number of aliphatic hydroxyl groups excluding tert-OH is 1. The summed E-state index contributed by atoms with van der Waals surface area (Å²) in [4.78, 5) is 32.6. The molecule has 2 aromatic carbocycles. The summed E-state index contributed by atoms with van der Waals surface area (Å²) in [6.07, 6.45) is 0. The average Bonchev–Trinajstić information content (AvgIpc) is 3.26. The number of anilines is 1. The third kappa shape index (κ3) is 3.97. The fourth-order valence-corrected chi connectivity index (χ4v) is 4.97. The Hall–Kier alpha value is -3.56. The summed E-state index contributed by atoms with van der Waals surface area (Å²) in [5.74, 6) is -2.43. The molecule has 3 N–H and O–H groups in total. The number of aromatic nitrogens is 1. The minimum Gasteiger partial charge on any atom is -0.506 e. The number of carbonyl (C=O) groups excluding carboxylic acids is 2. The van der Waals surface area contributed by atoms with E-state index < -0.39 is 23.5 Å². The molecule has 2 heterocycles. The molecule has 0 saturated carbocycles. The molecule has 0 radical (unpaired) electrons. The van der Waals surface area contributed by atoms with Gasteiger partial charge in [0.25, 0.3) is 5.91 Å². The normalized spacial score (nSPS) is 15.8. The van der Waals surface area contributed by atoms with Gasteiger partial charge in [-0.2, -0.15) is 0 Å². The zero-order chi connectivity index (χ0) is 24.7. The van der Waals surface area contributed by atoms with E-state index in [9.17, 15) is 24.9 Å². The lowest BCUT2D eigenvalue weighted by molar-refractivity contribution is -0.117. The predicted molar refractivity (Wildman–Crippen MR) is 128 cm³/mol. The molecule has 0 fully saturated rings. The van der Waals surface area contributed by atoms with Gasteiger partial charge in [0.15, 0.2) is 17.3 Å². The molecule has 10 heteroatoms. The van der Waals surface area contributed by atoms with Crippen molar-refractivity contribution in [2.24, 2.45) is 0 Å². The van der Waals surface area contributed by atoms with Crippen LogP contribution in [0.3, 0.4) is 0 Å². The van der Waals surface area contributed by atoms with Crippen LogP contribution >= 0.6 is 22.9 Å². The lowest BCUT2D eigenvalue weighted by Gasteiger charge is -2.28. The maximum absolute atomic E-state index is 13.6. The van der Waals surface area contributed by atoms with Crippen molar-refractivity contribution in [2.75, 3.05) is 11.5 Å². The largest absolute Gasteiger partial charge is 0.506 e. The maximum atomic E-state index is 13.6. The Balaban J connectivity index is 1.95. The lowest BCUT2D eigenvalue weighted by atomic mass is 9.94. The van der Waals surface area contributed by atoms with Gasteiger partial charge in [-0.3, -0.25) is 14.5 Å². The highest BCUT2D eigenvalue weighted by molar-refractivity contribution is 7.14. The number of Topliss-reactive ketones (excluding diaryl/α,β-unsaturated/α-hetero) is 1. The second-order valence-corrected chi connectivity index (χ2v) is 9.25. The number of aromatic hydroxyl groups is 2. The van der Waals surface area contributed by atoms with Crippen LogP contribution in [0.5, 0.6) is 17.2 Å². The Morgan fingerprint density at radius 3 is 2.50 bits per heavy atom. The number of thiazole rings is 1. The Bertz CT molecular complexity index is 1350. The molecule has 8 nitrogen and oxygen atoms in total. The van der Waals surface area contributed by atoms with E-state index in [-0.39, 0.29) is 45.0 Å². The van der Waals surface area contributed by atoms with Crippen molar-refractivity contribution in [3.8, 4) is 17.2 Å². The van der Waals surface area contributed by atoms with Crippen molar-refractivity contribution in [2.45, 2.75) is 26.8 Å². The fraction of sp³-hybridized carbons (Fsp3) is 0.208. The molecule has 34 heavy (non-hydrogen) atoms. The number of ketones is 1. The Morgan fingerprint density at radius 2 is 1.85 bits per heavy atom. The maximum Gasteiger partial charge on any atom is 0.294 e. The molecule has 1 aromatic heterocycles. The van der Waals surface area contributed by atoms with Crippen LogP contribution in [0.4, 0.5) is 5.69 Å². The molecule has 4 rings (SSSR count). The number of rotatable bonds is 6. The lowest BCUT2D eigenvalue weighted by Crippen LogP contribution is -2.31. The number of phenolic OH excluding ortho intramolecular Hbond substituents is 2. The minimum absolute atomic E-state index is 0.0140. The molecular weight excluding hydrogens is 480 g/mol. The van der Waals surface area contributed by atoms with Crippen molar-refractivity contribution >= 4 is 40.3 Å². The zero-order valence-corrected chi connectivity index (χ0v) is 20.1. The first-order chi connectivity index (χ1) is 16.1. The summed E-state index contributed by atoms with van der Waals surface area (Å²) >= 11 is 7.28. The third-order valence-corrected chi connectivity index (χ3v) is 6.67. The van der Waals surface area contributed by atoms with Crippen LogP contribution in [0, 0.1) is 13.8 Å². The van der Waals surface area contributed by atoms with E-state index >= 15 is 0 Å². The van der Waals surface area contributed by atoms with Crippen LogP contribution < -0.4 is 9.64 Å². The first-order valence-corrected chi connectivity index (χ1v) is 11.5. The van der Waals surface area contributed by atoms with Gasteiger partial charge < -0.3 is 20.1 Å². The number of nitrogens with zero attached hydrogens (tertiary/aromatic N) is 2. The summed E-state index contributed by atoms with van der Waals surface area (Å²) in [6.45, 7) is 5.45. The quantitative estimate of drug-likeness (QED) is 0.407. The third-order valence-electron chi connectivity index (χ3n) is 5.36. The number of amides is 1. The zero-order valence-electron chi connectivity index (χ0n) is 18.5. The number of ether oxygens (including phenoxy) is 1. The number of halogens is 1. The van der Waals surface area contributed by atoms with Crippen LogP contribution in [0.15, 0.2) is 47.7 Å². The number of hydrogen-bond donors (Lipinski definition) is 3. The van der Waals surface area contributed by atoms with Gasteiger partial charge in [0.1, 0.15) is 5.75 Å². The first kappa shape index (κ1) is 23.6. The van der Waals surface area contributed by atoms with Gasteiger partial charge in [0, 0.05) is 5.02 Å². The fourth-order valence-electron chi connectivity index (χ4n) is 3.93. The number of carbonyl (C=O) groups is 2. The van der Waals surface area contributed by atoms with Crippen LogP contribution in [-0.4, -0.2) is 38.6 Å². The summed E-state index contributed by atoms with van der Waals surface area (Å²) in [5.41, 5.74) is 0.688. The molecule has 1 aliphatic heterocycles. The average molecular weight is 501 g/mol. The number of benzene rings is 2. The Labute approximate surface area is 204 Å². The van der Waals surface area contributed by atoms with E-state index in [2.05, 4.69) is 4.98 Å². The smallest absolute Gasteiger partial charge is 0.294 e. The highest BCUT2D eigenvalue weighted by atomic mass is 35.5. The van der Waals surface area contributed by atoms with Crippen molar-refractivity contribution in [1.82, 2.24) is 4.98 Å². The summed E-state index contributed by atoms with van der Waals surface area (Å²) in [7, 11) is 0. The molecule has 1 unspecified atom stereocenters. The number of aryl methyl sites for hydroxylation is 2. The van der Waals surface area contributed by atoms with Crippen LogP contribution in [0.1, 0.15) is 38.9 Å². The summed E-state index contributed by atoms with van der Waals surface area (Å²) in [6, 6.07) is 7.38. The number of hydrogen-bond acceptors (Lipinski definition) is 8. The van der Waals surface area contributed by atoms with Gasteiger partial charge in [0.2, 0.25) is 5.78 Å². The van der Waals surface area contributed by atoms with Gasteiger partial charge in [-0.05, 0) is 56.7 Å². The van der Waals surface area contributed by atoms with Gasteiger partial charge >= 0.3 is 0 Å². The van der Waals surface area contributed by atoms with Crippen LogP contribution in [0.2, 0.25) is 5.02 Å². The van der Waals surface area contributed by atoms with Crippen molar-refractivity contribution in [3.63, 3.8) is 0 Å². The van der Waals surface area contributed by atoms with Crippen LogP contribution in [0.25, 0.3) is 0 Å². The molecule has 0 bridgehead atoms. The van der Waals surface area contributed by atoms with E-state index in [1.807, 2.05) is 0 Å². The van der Waals surface area contributed by atoms with Crippen molar-refractivity contribution in [1.29, 1.82) is 0 Å². The molecule has 1 aliphatic rings. The molecule has 0 aliphatic carbocycles. The van der Waals surface area contributed by atoms with E-state index in [0.717, 1.165) is 16.2 Å². The van der Waals surface area contributed by atoms with Gasteiger partial charge in [0.05, 0.1) is 39.5 Å². The SMILES string of the molecule is CCOc1cc(C2C(C(=O)c3sc(C)nc3C)=C(O)C(=O)N2c2cc(Cl)ccc2O)ccc1O. The van der Waals surface area contributed by atoms with Gasteiger partial charge in [-0.15, -0.1) is 11.3 Å². The van der Waals surface area contributed by atoms with E-state index in [1.165, 1.54) is 36.4 Å². The molecule has 0 saturated heterocycles. The van der Waals surface area contributed by atoms with Gasteiger partial charge in [-0.25, -0.2) is 4.98 Å². The van der Waals surface area contributed by atoms with E-state index in [0.29, 0.717) is 16.3 Å². The van der Waals surface area contributed by atoms with Crippen molar-refractivity contribution < 1.29 is 29.6 Å². The first-order valence-electron chi connectivity index (χ1n) is 10.3. The summed E-state index contributed by atoms with van der Waals surface area (Å²) in [5, 5.41) is 32.5. The molecule has 3 aromatic rings. The van der Waals surface area contributed by atoms with Gasteiger partial charge in [-0.1, -0.05) is 17.7 Å². The number of aliphatic hydroxyl groups is 1. The Kier molecular flexibility index (Phi) is 6.24. The highest BCUT2D eigenvalue weighted by Gasteiger charge is 2.46. The predicted octanol–water partition coefficient (Wildman–Crippen LogP) is 5.01. The van der Waals surface area contributed by atoms with E-state index in [1.54, 1.807) is 20.8 Å². The highest BCUT2D eigenvalue weighted by Crippen LogP contribution is 2.47. The molecule has 1 atom stereocenters. The molecule has 1 amide bonds. The number of phenols is 2. The monoisotopic (exact) mass is 500 g/mol. The minimum atomic E-state index is -1.13. The second-order valence-electron chi connectivity index (χ2n) is 7.61. The van der Waals surface area contributed by atoms with Crippen molar-refractivity contribution in [3.05, 3.63) is 73.9 Å².